The second-order valence-corrected chi connectivity index (χ2v) is 9.67. The lowest BCUT2D eigenvalue weighted by Gasteiger charge is -2.59. The van der Waals surface area contributed by atoms with E-state index >= 15 is 0 Å². The summed E-state index contributed by atoms with van der Waals surface area (Å²) in [6.45, 7) is 3.97. The smallest absolute Gasteiger partial charge is 0.161 e. The summed E-state index contributed by atoms with van der Waals surface area (Å²) in [6, 6.07) is 0. The molecule has 4 saturated carbocycles. The van der Waals surface area contributed by atoms with Crippen molar-refractivity contribution in [3.8, 4) is 0 Å². The fourth-order valence-corrected chi connectivity index (χ4v) is 7.50. The van der Waals surface area contributed by atoms with Crippen molar-refractivity contribution in [1.82, 2.24) is 0 Å². The van der Waals surface area contributed by atoms with Gasteiger partial charge in [0.1, 0.15) is 18.2 Å². The Morgan fingerprint density at radius 3 is 2.60 bits per heavy atom. The molecule has 4 aliphatic rings. The molecule has 0 heterocycles. The van der Waals surface area contributed by atoms with Crippen LogP contribution in [0.1, 0.15) is 65.2 Å². The highest BCUT2D eigenvalue weighted by Crippen LogP contribution is 2.66. The Hall–Kier alpha value is -1.03. The Morgan fingerprint density at radius 1 is 1.12 bits per heavy atom. The molecule has 7 atom stereocenters. The minimum atomic E-state index is -0.406. The maximum Gasteiger partial charge on any atom is 0.161 e. The van der Waals surface area contributed by atoms with Crippen LogP contribution in [0.4, 0.5) is 0 Å². The molecule has 0 amide bonds. The van der Waals surface area contributed by atoms with Gasteiger partial charge >= 0.3 is 0 Å². The first kappa shape index (κ1) is 17.4. The summed E-state index contributed by atoms with van der Waals surface area (Å²) in [4.78, 5) is 37.5. The van der Waals surface area contributed by atoms with E-state index in [0.29, 0.717) is 48.6 Å². The molecule has 0 spiro atoms. The summed E-state index contributed by atoms with van der Waals surface area (Å²) in [7, 11) is 0. The molecule has 0 aromatic carbocycles. The van der Waals surface area contributed by atoms with Crippen LogP contribution in [0, 0.1) is 40.4 Å². The minimum absolute atomic E-state index is 0.0334. The van der Waals surface area contributed by atoms with Crippen molar-refractivity contribution in [3.63, 3.8) is 0 Å². The molecule has 1 N–H and O–H groups in total. The number of hydrogen-bond acceptors (Lipinski definition) is 4. The Balaban J connectivity index is 1.67. The molecule has 0 aromatic rings. The molecule has 4 fully saturated rings. The molecule has 0 bridgehead atoms. The van der Waals surface area contributed by atoms with Crippen LogP contribution in [0.3, 0.4) is 0 Å². The lowest BCUT2D eigenvalue weighted by Crippen LogP contribution is -2.57. The van der Waals surface area contributed by atoms with Crippen LogP contribution in [0.2, 0.25) is 0 Å². The maximum atomic E-state index is 13.3. The minimum Gasteiger partial charge on any atom is -0.389 e. The van der Waals surface area contributed by atoms with E-state index in [1.165, 1.54) is 0 Å². The van der Waals surface area contributed by atoms with Crippen molar-refractivity contribution in [1.29, 1.82) is 0 Å². The monoisotopic (exact) mass is 346 g/mol. The zero-order chi connectivity index (χ0) is 18.0. The highest BCUT2D eigenvalue weighted by Gasteiger charge is 2.63. The van der Waals surface area contributed by atoms with Crippen molar-refractivity contribution in [2.24, 2.45) is 40.4 Å². The lowest BCUT2D eigenvalue weighted by molar-refractivity contribution is -0.161. The van der Waals surface area contributed by atoms with E-state index in [9.17, 15) is 19.5 Å². The molecule has 4 rings (SSSR count). The average molecular weight is 346 g/mol. The Morgan fingerprint density at radius 2 is 1.88 bits per heavy atom. The van der Waals surface area contributed by atoms with Crippen LogP contribution in [-0.2, 0) is 14.4 Å². The number of ketones is 3. The van der Waals surface area contributed by atoms with Crippen LogP contribution < -0.4 is 0 Å². The molecule has 0 aromatic heterocycles. The standard InChI is InChI=1S/C21H30O4/c1-20-8-7-13(23)9-12(20)3-4-14-15-5-6-16(18(25)11-22)21(15,2)10-17(24)19(14)20/h12,14-16,19,22H,3-11H2,1-2H3/t12-,14+,15+,16?,19-,20+,21+/m1/s1. The summed E-state index contributed by atoms with van der Waals surface area (Å²) >= 11 is 0. The van der Waals surface area contributed by atoms with E-state index in [0.717, 1.165) is 32.1 Å². The van der Waals surface area contributed by atoms with Gasteiger partial charge in [0, 0.05) is 31.1 Å². The molecular weight excluding hydrogens is 316 g/mol. The largest absolute Gasteiger partial charge is 0.389 e. The number of Topliss-reactive ketones (excluding diaryl/α,β-unsaturated/α-hetero) is 3. The number of carbonyl (C=O) groups is 3. The molecule has 0 aliphatic heterocycles. The van der Waals surface area contributed by atoms with E-state index in [-0.39, 0.29) is 28.4 Å². The predicted octanol–water partition coefficient (Wildman–Crippen LogP) is 2.95. The van der Waals surface area contributed by atoms with Gasteiger partial charge in [0.15, 0.2) is 5.78 Å². The van der Waals surface area contributed by atoms with Gasteiger partial charge in [-0.2, -0.15) is 0 Å². The zero-order valence-electron chi connectivity index (χ0n) is 15.4. The molecule has 25 heavy (non-hydrogen) atoms. The third-order valence-corrected chi connectivity index (χ3v) is 8.71. The molecule has 4 aliphatic carbocycles. The summed E-state index contributed by atoms with van der Waals surface area (Å²) < 4.78 is 0. The fourth-order valence-electron chi connectivity index (χ4n) is 7.50. The van der Waals surface area contributed by atoms with Gasteiger partial charge in [0.25, 0.3) is 0 Å². The predicted molar refractivity (Wildman–Crippen MR) is 92.7 cm³/mol. The van der Waals surface area contributed by atoms with E-state index in [1.54, 1.807) is 0 Å². The Labute approximate surface area is 149 Å². The number of hydrogen-bond donors (Lipinski definition) is 1. The number of aliphatic hydroxyl groups excluding tert-OH is 1. The van der Waals surface area contributed by atoms with E-state index in [2.05, 4.69) is 13.8 Å². The first-order chi connectivity index (χ1) is 11.8. The van der Waals surface area contributed by atoms with Gasteiger partial charge in [-0.15, -0.1) is 0 Å². The van der Waals surface area contributed by atoms with Crippen LogP contribution >= 0.6 is 0 Å². The maximum absolute atomic E-state index is 13.3. The van der Waals surface area contributed by atoms with Crippen molar-refractivity contribution in [3.05, 3.63) is 0 Å². The van der Waals surface area contributed by atoms with Crippen LogP contribution in [0.15, 0.2) is 0 Å². The Kier molecular flexibility index (Phi) is 3.99. The number of fused-ring (bicyclic) bond motifs is 5. The molecule has 0 radical (unpaired) electrons. The normalized spacial score (nSPS) is 49.3. The van der Waals surface area contributed by atoms with Gasteiger partial charge < -0.3 is 5.11 Å². The molecule has 4 heteroatoms. The van der Waals surface area contributed by atoms with Crippen LogP contribution in [-0.4, -0.2) is 29.1 Å². The van der Waals surface area contributed by atoms with E-state index < -0.39 is 6.61 Å². The zero-order valence-corrected chi connectivity index (χ0v) is 15.4. The first-order valence-electron chi connectivity index (χ1n) is 9.99. The number of aliphatic hydroxyl groups is 1. The third-order valence-electron chi connectivity index (χ3n) is 8.71. The highest BCUT2D eigenvalue weighted by molar-refractivity contribution is 5.88. The molecule has 1 unspecified atom stereocenters. The van der Waals surface area contributed by atoms with E-state index in [4.69, 9.17) is 0 Å². The molecule has 138 valence electrons. The SMILES string of the molecule is C[C@]12CCC(=O)C[C@H]1CC[C@@H]1[C@@H]2C(=O)C[C@]2(C)C(C(=O)CO)CC[C@@H]12. The number of carbonyl (C=O) groups excluding carboxylic acids is 3. The molecule has 0 saturated heterocycles. The lowest BCUT2D eigenvalue weighted by atomic mass is 9.44. The number of rotatable bonds is 2. The van der Waals surface area contributed by atoms with Gasteiger partial charge in [0.2, 0.25) is 0 Å². The van der Waals surface area contributed by atoms with Gasteiger partial charge in [-0.25, -0.2) is 0 Å². The molecule has 4 nitrogen and oxygen atoms in total. The van der Waals surface area contributed by atoms with Crippen molar-refractivity contribution in [2.45, 2.75) is 65.2 Å². The van der Waals surface area contributed by atoms with Crippen molar-refractivity contribution >= 4 is 17.3 Å². The second-order valence-electron chi connectivity index (χ2n) is 9.67. The van der Waals surface area contributed by atoms with Gasteiger partial charge in [-0.3, -0.25) is 14.4 Å². The first-order valence-corrected chi connectivity index (χ1v) is 9.99. The summed E-state index contributed by atoms with van der Waals surface area (Å²) in [5.41, 5.74) is -0.305. The molecular formula is C21H30O4. The van der Waals surface area contributed by atoms with Gasteiger partial charge in [0.05, 0.1) is 0 Å². The van der Waals surface area contributed by atoms with Crippen molar-refractivity contribution in [2.75, 3.05) is 6.61 Å². The van der Waals surface area contributed by atoms with E-state index in [1.807, 2.05) is 0 Å². The van der Waals surface area contributed by atoms with Gasteiger partial charge in [-0.05, 0) is 60.7 Å². The Bertz CT molecular complexity index is 625. The second kappa shape index (κ2) is 5.73. The van der Waals surface area contributed by atoms with Crippen molar-refractivity contribution < 1.29 is 19.5 Å². The average Bonchev–Trinajstić information content (AvgIpc) is 2.91. The summed E-state index contributed by atoms with van der Waals surface area (Å²) in [5, 5.41) is 9.35. The quantitative estimate of drug-likeness (QED) is 0.834. The van der Waals surface area contributed by atoms with Gasteiger partial charge in [-0.1, -0.05) is 13.8 Å². The van der Waals surface area contributed by atoms with Crippen LogP contribution in [0.25, 0.3) is 0 Å². The van der Waals surface area contributed by atoms with Crippen LogP contribution in [0.5, 0.6) is 0 Å². The summed E-state index contributed by atoms with van der Waals surface area (Å²) in [5.74, 6) is 1.64. The summed E-state index contributed by atoms with van der Waals surface area (Å²) in [6.07, 6.45) is 6.48. The highest BCUT2D eigenvalue weighted by atomic mass is 16.3. The fraction of sp³-hybridized carbons (Fsp3) is 0.857. The topological polar surface area (TPSA) is 71.4 Å². The third kappa shape index (κ3) is 2.32.